The monoisotopic (exact) mass is 438 g/mol. The molecule has 2 saturated heterocycles. The number of nitrogens with zero attached hydrogens (tertiary/aromatic N) is 2. The molecule has 2 aromatic rings. The van der Waals surface area contributed by atoms with Crippen molar-refractivity contribution in [2.24, 2.45) is 0 Å². The van der Waals surface area contributed by atoms with Gasteiger partial charge in [0.2, 0.25) is 0 Å². The van der Waals surface area contributed by atoms with Crippen LogP contribution < -0.4 is 4.74 Å². The summed E-state index contributed by atoms with van der Waals surface area (Å²) in [6, 6.07) is 18.1. The average molecular weight is 439 g/mol. The van der Waals surface area contributed by atoms with Crippen LogP contribution in [0.1, 0.15) is 36.0 Å². The second-order valence-corrected chi connectivity index (χ2v) is 10.2. The molecule has 0 spiro atoms. The molecule has 0 N–H and O–H groups in total. The maximum atomic E-state index is 6.17. The Balaban J connectivity index is 1.13. The number of ether oxygens (including phenoxy) is 2. The van der Waals surface area contributed by atoms with E-state index in [9.17, 15) is 0 Å². The fraction of sp³-hybridized carbons (Fsp3) is 0.538. The van der Waals surface area contributed by atoms with Gasteiger partial charge < -0.3 is 9.47 Å². The zero-order valence-corrected chi connectivity index (χ0v) is 19.2. The fourth-order valence-corrected chi connectivity index (χ4v) is 6.22. The van der Waals surface area contributed by atoms with Gasteiger partial charge >= 0.3 is 0 Å². The highest BCUT2D eigenvalue weighted by atomic mass is 32.2. The molecular weight excluding hydrogens is 404 g/mol. The van der Waals surface area contributed by atoms with E-state index in [4.69, 9.17) is 9.47 Å². The van der Waals surface area contributed by atoms with E-state index in [1.54, 1.807) is 0 Å². The van der Waals surface area contributed by atoms with Gasteiger partial charge in [-0.15, -0.1) is 0 Å². The molecule has 2 aromatic carbocycles. The molecule has 0 amide bonds. The van der Waals surface area contributed by atoms with Gasteiger partial charge in [0.05, 0.1) is 12.7 Å². The molecule has 3 aliphatic rings. The minimum absolute atomic E-state index is 0.384. The molecule has 166 valence electrons. The van der Waals surface area contributed by atoms with Gasteiger partial charge in [0.1, 0.15) is 12.4 Å². The molecule has 0 aromatic heterocycles. The van der Waals surface area contributed by atoms with Crippen molar-refractivity contribution in [3.63, 3.8) is 0 Å². The first-order valence-electron chi connectivity index (χ1n) is 11.8. The smallest absolute Gasteiger partial charge is 0.123 e. The van der Waals surface area contributed by atoms with Crippen molar-refractivity contribution in [2.45, 2.75) is 51.1 Å². The van der Waals surface area contributed by atoms with Crippen molar-refractivity contribution in [1.29, 1.82) is 0 Å². The van der Waals surface area contributed by atoms with E-state index in [1.165, 1.54) is 34.6 Å². The normalized spacial score (nSPS) is 23.3. The molecule has 4 nitrogen and oxygen atoms in total. The van der Waals surface area contributed by atoms with Crippen molar-refractivity contribution >= 4 is 11.8 Å². The van der Waals surface area contributed by atoms with Crippen LogP contribution in [0.25, 0.3) is 0 Å². The van der Waals surface area contributed by atoms with Crippen LogP contribution >= 0.6 is 11.8 Å². The van der Waals surface area contributed by atoms with E-state index >= 15 is 0 Å². The Morgan fingerprint density at radius 2 is 1.84 bits per heavy atom. The summed E-state index contributed by atoms with van der Waals surface area (Å²) >= 11 is 2.09. The Hall–Kier alpha value is -1.53. The van der Waals surface area contributed by atoms with Gasteiger partial charge in [0.25, 0.3) is 0 Å². The molecule has 5 heteroatoms. The SMILES string of the molecule is c1ccc(COC2CCN(Cc3ccc4c(c3)CN([C@H]3CCSC3)CCO4)CC2)cc1. The second kappa shape index (κ2) is 10.4. The van der Waals surface area contributed by atoms with Crippen LogP contribution in [0.5, 0.6) is 5.75 Å². The zero-order chi connectivity index (χ0) is 20.9. The van der Waals surface area contributed by atoms with Crippen molar-refractivity contribution in [3.8, 4) is 5.75 Å². The number of thioether (sulfide) groups is 1. The van der Waals surface area contributed by atoms with E-state index in [1.807, 2.05) is 0 Å². The molecule has 5 rings (SSSR count). The quantitative estimate of drug-likeness (QED) is 0.658. The number of hydrogen-bond acceptors (Lipinski definition) is 5. The summed E-state index contributed by atoms with van der Waals surface area (Å²) in [6.07, 6.45) is 3.94. The fourth-order valence-electron chi connectivity index (χ4n) is 4.97. The van der Waals surface area contributed by atoms with Gasteiger partial charge in [-0.1, -0.05) is 36.4 Å². The highest BCUT2D eigenvalue weighted by Gasteiger charge is 2.26. The average Bonchev–Trinajstić information content (AvgIpc) is 3.27. The van der Waals surface area contributed by atoms with Crippen molar-refractivity contribution in [2.75, 3.05) is 37.7 Å². The van der Waals surface area contributed by atoms with E-state index in [2.05, 4.69) is 70.1 Å². The molecule has 3 aliphatic heterocycles. The molecule has 0 aliphatic carbocycles. The van der Waals surface area contributed by atoms with Crippen LogP contribution in [-0.4, -0.2) is 59.7 Å². The molecule has 3 heterocycles. The third-order valence-electron chi connectivity index (χ3n) is 6.83. The number of benzene rings is 2. The van der Waals surface area contributed by atoms with Crippen LogP contribution in [0.2, 0.25) is 0 Å². The Morgan fingerprint density at radius 1 is 0.968 bits per heavy atom. The van der Waals surface area contributed by atoms with Gasteiger partial charge in [-0.05, 0) is 48.3 Å². The molecule has 0 saturated carbocycles. The molecule has 31 heavy (non-hydrogen) atoms. The summed E-state index contributed by atoms with van der Waals surface area (Å²) in [5, 5.41) is 0. The first kappa shape index (κ1) is 21.3. The standard InChI is InChI=1S/C26H34N2O2S/c1-2-4-21(5-3-1)19-30-25-8-11-27(12-9-25)17-22-6-7-26-23(16-22)18-28(13-14-29-26)24-10-15-31-20-24/h1-7,16,24-25H,8-15,17-20H2/t24-/m0/s1. The molecule has 0 bridgehead atoms. The third-order valence-corrected chi connectivity index (χ3v) is 7.97. The summed E-state index contributed by atoms with van der Waals surface area (Å²) in [5.74, 6) is 3.67. The summed E-state index contributed by atoms with van der Waals surface area (Å²) in [5.41, 5.74) is 4.05. The highest BCUT2D eigenvalue weighted by Crippen LogP contribution is 2.30. The van der Waals surface area contributed by atoms with Crippen LogP contribution in [0.3, 0.4) is 0 Å². The van der Waals surface area contributed by atoms with Gasteiger partial charge in [0, 0.05) is 50.1 Å². The summed E-state index contributed by atoms with van der Waals surface area (Å²) < 4.78 is 12.2. The van der Waals surface area contributed by atoms with Crippen LogP contribution in [0.15, 0.2) is 48.5 Å². The Bertz CT molecular complexity index is 833. The van der Waals surface area contributed by atoms with Crippen LogP contribution in [0, 0.1) is 0 Å². The second-order valence-electron chi connectivity index (χ2n) is 9.05. The van der Waals surface area contributed by atoms with Crippen LogP contribution in [0.4, 0.5) is 0 Å². The zero-order valence-electron chi connectivity index (χ0n) is 18.4. The highest BCUT2D eigenvalue weighted by molar-refractivity contribution is 7.99. The van der Waals surface area contributed by atoms with Gasteiger partial charge in [-0.3, -0.25) is 9.80 Å². The number of likely N-dealkylation sites (tertiary alicyclic amines) is 1. The minimum atomic E-state index is 0.384. The van der Waals surface area contributed by atoms with Crippen molar-refractivity contribution < 1.29 is 9.47 Å². The molecular formula is C26H34N2O2S. The van der Waals surface area contributed by atoms with E-state index in [0.717, 1.165) is 70.6 Å². The molecule has 0 unspecified atom stereocenters. The first-order chi connectivity index (χ1) is 15.3. The minimum Gasteiger partial charge on any atom is -0.492 e. The lowest BCUT2D eigenvalue weighted by Gasteiger charge is -2.32. The molecule has 0 radical (unpaired) electrons. The molecule has 2 fully saturated rings. The number of piperidine rings is 1. The van der Waals surface area contributed by atoms with Crippen LogP contribution in [-0.2, 0) is 24.4 Å². The Morgan fingerprint density at radius 3 is 2.65 bits per heavy atom. The predicted molar refractivity (Wildman–Crippen MR) is 128 cm³/mol. The molecule has 1 atom stereocenters. The first-order valence-corrected chi connectivity index (χ1v) is 12.9. The third kappa shape index (κ3) is 5.64. The lowest BCUT2D eigenvalue weighted by molar-refractivity contribution is -0.00394. The topological polar surface area (TPSA) is 24.9 Å². The Labute approximate surface area is 190 Å². The van der Waals surface area contributed by atoms with Gasteiger partial charge in [-0.25, -0.2) is 0 Å². The van der Waals surface area contributed by atoms with Gasteiger partial charge in [-0.2, -0.15) is 11.8 Å². The number of hydrogen-bond donors (Lipinski definition) is 0. The summed E-state index contributed by atoms with van der Waals surface area (Å²) in [4.78, 5) is 5.22. The lowest BCUT2D eigenvalue weighted by Crippen LogP contribution is -2.36. The maximum absolute atomic E-state index is 6.17. The van der Waals surface area contributed by atoms with E-state index in [0.29, 0.717) is 6.10 Å². The number of fused-ring (bicyclic) bond motifs is 1. The summed E-state index contributed by atoms with van der Waals surface area (Å²) in [6.45, 7) is 6.86. The van der Waals surface area contributed by atoms with Crippen molar-refractivity contribution in [1.82, 2.24) is 9.80 Å². The van der Waals surface area contributed by atoms with Gasteiger partial charge in [0.15, 0.2) is 0 Å². The largest absolute Gasteiger partial charge is 0.492 e. The van der Waals surface area contributed by atoms with E-state index in [-0.39, 0.29) is 0 Å². The lowest BCUT2D eigenvalue weighted by atomic mass is 10.0. The number of rotatable bonds is 6. The predicted octanol–water partition coefficient (Wildman–Crippen LogP) is 4.57. The van der Waals surface area contributed by atoms with E-state index < -0.39 is 0 Å². The summed E-state index contributed by atoms with van der Waals surface area (Å²) in [7, 11) is 0. The maximum Gasteiger partial charge on any atom is 0.123 e. The van der Waals surface area contributed by atoms with Crippen molar-refractivity contribution in [3.05, 3.63) is 65.2 Å². The Kier molecular flexibility index (Phi) is 7.15.